The van der Waals surface area contributed by atoms with Crippen molar-refractivity contribution in [2.24, 2.45) is 5.73 Å². The number of carbonyl (C=O) groups excluding carboxylic acids is 1. The summed E-state index contributed by atoms with van der Waals surface area (Å²) in [6, 6.07) is 4.53. The number of methoxy groups -OCH3 is 1. The van der Waals surface area contributed by atoms with E-state index in [9.17, 15) is 9.18 Å². The molecule has 5 heteroatoms. The van der Waals surface area contributed by atoms with Crippen LogP contribution in [0.2, 0.25) is 0 Å². The first-order valence-corrected chi connectivity index (χ1v) is 5.87. The van der Waals surface area contributed by atoms with E-state index in [-0.39, 0.29) is 18.3 Å². The topological polar surface area (TPSA) is 55.6 Å². The highest BCUT2D eigenvalue weighted by atomic mass is 19.1. The summed E-state index contributed by atoms with van der Waals surface area (Å²) in [5.74, 6) is -0.598. The summed E-state index contributed by atoms with van der Waals surface area (Å²) in [4.78, 5) is 13.1. The molecule has 0 unspecified atom stereocenters. The van der Waals surface area contributed by atoms with Crippen molar-refractivity contribution in [3.63, 3.8) is 0 Å². The summed E-state index contributed by atoms with van der Waals surface area (Å²) in [5.41, 5.74) is 7.31. The third-order valence-electron chi connectivity index (χ3n) is 2.81. The number of benzene rings is 1. The molecule has 1 aromatic carbocycles. The zero-order chi connectivity index (χ0) is 13.5. The Morgan fingerprint density at radius 2 is 2.17 bits per heavy atom. The Bertz CT molecular complexity index is 410. The van der Waals surface area contributed by atoms with E-state index in [0.717, 1.165) is 11.1 Å². The molecule has 1 rings (SSSR count). The highest BCUT2D eigenvalue weighted by molar-refractivity contribution is 5.71. The van der Waals surface area contributed by atoms with E-state index in [2.05, 4.69) is 4.74 Å². The molecule has 0 heterocycles. The first-order chi connectivity index (χ1) is 8.60. The van der Waals surface area contributed by atoms with Gasteiger partial charge in [0.2, 0.25) is 0 Å². The second-order valence-corrected chi connectivity index (χ2v) is 4.00. The lowest BCUT2D eigenvalue weighted by Crippen LogP contribution is -2.30. The fourth-order valence-corrected chi connectivity index (χ4v) is 1.71. The van der Waals surface area contributed by atoms with Crippen LogP contribution in [0.15, 0.2) is 18.2 Å². The summed E-state index contributed by atoms with van der Waals surface area (Å²) < 4.78 is 17.8. The van der Waals surface area contributed by atoms with Gasteiger partial charge >= 0.3 is 5.97 Å². The molecule has 18 heavy (non-hydrogen) atoms. The maximum atomic E-state index is 13.2. The van der Waals surface area contributed by atoms with Crippen LogP contribution in [0.4, 0.5) is 4.39 Å². The molecule has 0 saturated carbocycles. The van der Waals surface area contributed by atoms with Crippen LogP contribution in [0.5, 0.6) is 0 Å². The molecule has 0 radical (unpaired) electrons. The molecule has 0 aliphatic rings. The van der Waals surface area contributed by atoms with Gasteiger partial charge in [0.05, 0.1) is 13.7 Å². The highest BCUT2D eigenvalue weighted by Crippen LogP contribution is 2.13. The Morgan fingerprint density at radius 3 is 2.72 bits per heavy atom. The number of esters is 1. The number of carbonyl (C=O) groups is 1. The lowest BCUT2D eigenvalue weighted by Gasteiger charge is -2.20. The van der Waals surface area contributed by atoms with E-state index in [4.69, 9.17) is 5.73 Å². The Hall–Kier alpha value is -1.46. The van der Waals surface area contributed by atoms with Crippen LogP contribution in [-0.2, 0) is 22.6 Å². The summed E-state index contributed by atoms with van der Waals surface area (Å²) in [7, 11) is 1.35. The SMILES string of the molecule is CCN(CC(=O)OC)Cc1cc(F)ccc1CN. The quantitative estimate of drug-likeness (QED) is 0.777. The fraction of sp³-hybridized carbons (Fsp3) is 0.462. The molecule has 1 aromatic rings. The van der Waals surface area contributed by atoms with E-state index in [1.54, 1.807) is 6.07 Å². The van der Waals surface area contributed by atoms with Crippen molar-refractivity contribution in [2.75, 3.05) is 20.2 Å². The monoisotopic (exact) mass is 254 g/mol. The molecule has 0 aliphatic carbocycles. The van der Waals surface area contributed by atoms with Crippen LogP contribution >= 0.6 is 0 Å². The number of halogens is 1. The Labute approximate surface area is 107 Å². The Balaban J connectivity index is 2.80. The van der Waals surface area contributed by atoms with Crippen molar-refractivity contribution >= 4 is 5.97 Å². The molecule has 0 atom stereocenters. The number of nitrogens with two attached hydrogens (primary N) is 1. The van der Waals surface area contributed by atoms with Crippen LogP contribution in [0.3, 0.4) is 0 Å². The van der Waals surface area contributed by atoms with E-state index in [1.807, 2.05) is 11.8 Å². The molecule has 4 nitrogen and oxygen atoms in total. The van der Waals surface area contributed by atoms with E-state index >= 15 is 0 Å². The zero-order valence-electron chi connectivity index (χ0n) is 10.8. The average molecular weight is 254 g/mol. The molecular weight excluding hydrogens is 235 g/mol. The second kappa shape index (κ2) is 7.08. The van der Waals surface area contributed by atoms with Gasteiger partial charge in [0.1, 0.15) is 5.82 Å². The Kier molecular flexibility index (Phi) is 5.74. The van der Waals surface area contributed by atoms with Gasteiger partial charge in [-0.2, -0.15) is 0 Å². The number of hydrogen-bond donors (Lipinski definition) is 1. The van der Waals surface area contributed by atoms with Crippen LogP contribution in [-0.4, -0.2) is 31.1 Å². The summed E-state index contributed by atoms with van der Waals surface area (Å²) in [6.45, 7) is 3.63. The fourth-order valence-electron chi connectivity index (χ4n) is 1.71. The van der Waals surface area contributed by atoms with Gasteiger partial charge in [-0.3, -0.25) is 9.69 Å². The molecule has 0 spiro atoms. The normalized spacial score (nSPS) is 10.7. The number of hydrogen-bond acceptors (Lipinski definition) is 4. The Morgan fingerprint density at radius 1 is 1.44 bits per heavy atom. The van der Waals surface area contributed by atoms with Crippen LogP contribution in [0.25, 0.3) is 0 Å². The second-order valence-electron chi connectivity index (χ2n) is 4.00. The van der Waals surface area contributed by atoms with Gasteiger partial charge in [-0.05, 0) is 29.8 Å². The van der Waals surface area contributed by atoms with Crippen molar-refractivity contribution in [1.82, 2.24) is 4.90 Å². The highest BCUT2D eigenvalue weighted by Gasteiger charge is 2.12. The molecule has 0 bridgehead atoms. The lowest BCUT2D eigenvalue weighted by molar-refractivity contribution is -0.142. The molecule has 0 aromatic heterocycles. The van der Waals surface area contributed by atoms with Crippen LogP contribution < -0.4 is 5.73 Å². The molecule has 0 aliphatic heterocycles. The van der Waals surface area contributed by atoms with Gasteiger partial charge in [-0.1, -0.05) is 13.0 Å². The third-order valence-corrected chi connectivity index (χ3v) is 2.81. The van der Waals surface area contributed by atoms with Crippen molar-refractivity contribution in [1.29, 1.82) is 0 Å². The summed E-state index contributed by atoms with van der Waals surface area (Å²) in [5, 5.41) is 0. The van der Waals surface area contributed by atoms with Crippen molar-refractivity contribution in [3.8, 4) is 0 Å². The standard InChI is InChI=1S/C13H19FN2O2/c1-3-16(9-13(17)18-2)8-11-6-12(14)5-4-10(11)7-15/h4-6H,3,7-9,15H2,1-2H3. The van der Waals surface area contributed by atoms with Crippen LogP contribution in [0.1, 0.15) is 18.1 Å². The van der Waals surface area contributed by atoms with Crippen molar-refractivity contribution in [2.45, 2.75) is 20.0 Å². The molecular formula is C13H19FN2O2. The van der Waals surface area contributed by atoms with Crippen molar-refractivity contribution < 1.29 is 13.9 Å². The minimum absolute atomic E-state index is 0.188. The molecule has 0 fully saturated rings. The summed E-state index contributed by atoms with van der Waals surface area (Å²) in [6.07, 6.45) is 0. The minimum Gasteiger partial charge on any atom is -0.468 e. The van der Waals surface area contributed by atoms with Crippen LogP contribution in [0, 0.1) is 5.82 Å². The smallest absolute Gasteiger partial charge is 0.319 e. The minimum atomic E-state index is -0.303. The molecule has 2 N–H and O–H groups in total. The van der Waals surface area contributed by atoms with Crippen molar-refractivity contribution in [3.05, 3.63) is 35.1 Å². The van der Waals surface area contributed by atoms with Gasteiger partial charge in [-0.15, -0.1) is 0 Å². The molecule has 100 valence electrons. The number of likely N-dealkylation sites (N-methyl/N-ethyl adjacent to an activating group) is 1. The van der Waals surface area contributed by atoms with Gasteiger partial charge in [0.25, 0.3) is 0 Å². The first-order valence-electron chi connectivity index (χ1n) is 5.87. The summed E-state index contributed by atoms with van der Waals surface area (Å²) >= 11 is 0. The van der Waals surface area contributed by atoms with E-state index < -0.39 is 0 Å². The molecule has 0 saturated heterocycles. The number of nitrogens with zero attached hydrogens (tertiary/aromatic N) is 1. The van der Waals surface area contributed by atoms with Gasteiger partial charge in [-0.25, -0.2) is 4.39 Å². The zero-order valence-corrected chi connectivity index (χ0v) is 10.8. The predicted molar refractivity (Wildman–Crippen MR) is 67.3 cm³/mol. The van der Waals surface area contributed by atoms with E-state index in [1.165, 1.54) is 19.2 Å². The van der Waals surface area contributed by atoms with Gasteiger partial charge in [0.15, 0.2) is 0 Å². The number of rotatable bonds is 6. The lowest BCUT2D eigenvalue weighted by atomic mass is 10.1. The van der Waals surface area contributed by atoms with Gasteiger partial charge in [0, 0.05) is 13.1 Å². The van der Waals surface area contributed by atoms with Gasteiger partial charge < -0.3 is 10.5 Å². The molecule has 0 amide bonds. The average Bonchev–Trinajstić information content (AvgIpc) is 2.38. The first kappa shape index (κ1) is 14.6. The maximum Gasteiger partial charge on any atom is 0.319 e. The maximum absolute atomic E-state index is 13.2. The van der Waals surface area contributed by atoms with E-state index in [0.29, 0.717) is 19.6 Å². The third kappa shape index (κ3) is 4.09. The number of ether oxygens (including phenoxy) is 1. The largest absolute Gasteiger partial charge is 0.468 e. The predicted octanol–water partition coefficient (Wildman–Crippen LogP) is 1.28.